The maximum atomic E-state index is 12.3. The zero-order valence-electron chi connectivity index (χ0n) is 18.6. The first-order chi connectivity index (χ1) is 16.9. The molecule has 1 N–H and O–H groups in total. The highest BCUT2D eigenvalue weighted by atomic mass is 35.5. The number of para-hydroxylation sites is 1. The van der Waals surface area contributed by atoms with Crippen molar-refractivity contribution in [2.75, 3.05) is 7.11 Å². The molecule has 6 nitrogen and oxygen atoms in total. The number of carbonyl (C=O) groups is 1. The van der Waals surface area contributed by atoms with Crippen LogP contribution < -0.4 is 4.74 Å². The van der Waals surface area contributed by atoms with Crippen LogP contribution in [0.15, 0.2) is 83.5 Å². The lowest BCUT2D eigenvalue weighted by Gasteiger charge is -2.10. The highest BCUT2D eigenvalue weighted by Crippen LogP contribution is 2.34. The topological polar surface area (TPSA) is 77.5 Å². The maximum absolute atomic E-state index is 12.3. The number of hydrogen-bond donors (Lipinski definition) is 1. The molecule has 176 valence electrons. The first-order valence-electron chi connectivity index (χ1n) is 10.8. The van der Waals surface area contributed by atoms with Gasteiger partial charge in [0.05, 0.1) is 46.4 Å². The van der Waals surface area contributed by atoms with Gasteiger partial charge in [-0.05, 0) is 48.5 Å². The van der Waals surface area contributed by atoms with Crippen molar-refractivity contribution < 1.29 is 19.1 Å². The number of halogens is 2. The number of nitrogens with zero attached hydrogens (tertiary/aromatic N) is 2. The molecule has 1 unspecified atom stereocenters. The molecule has 0 saturated heterocycles. The summed E-state index contributed by atoms with van der Waals surface area (Å²) in [4.78, 5) is 12.3. The minimum absolute atomic E-state index is 0.177. The fourth-order valence-corrected chi connectivity index (χ4v) is 4.42. The number of rotatable bonds is 7. The lowest BCUT2D eigenvalue weighted by molar-refractivity contribution is -0.138. The summed E-state index contributed by atoms with van der Waals surface area (Å²) < 4.78 is 12.6. The first kappa shape index (κ1) is 23.0. The summed E-state index contributed by atoms with van der Waals surface area (Å²) in [6.45, 7) is 0. The molecule has 8 heteroatoms. The van der Waals surface area contributed by atoms with Crippen molar-refractivity contribution in [3.05, 3.63) is 100 Å². The third-order valence-electron chi connectivity index (χ3n) is 5.89. The van der Waals surface area contributed by atoms with E-state index in [0.29, 0.717) is 26.9 Å². The van der Waals surface area contributed by atoms with E-state index in [4.69, 9.17) is 37.5 Å². The van der Waals surface area contributed by atoms with Crippen molar-refractivity contribution >= 4 is 40.1 Å². The smallest absolute Gasteiger partial charge is 0.311 e. The van der Waals surface area contributed by atoms with Crippen LogP contribution >= 0.6 is 23.2 Å². The minimum atomic E-state index is -0.952. The van der Waals surface area contributed by atoms with Gasteiger partial charge in [-0.15, -0.1) is 0 Å². The van der Waals surface area contributed by atoms with Crippen LogP contribution in [-0.2, 0) is 11.2 Å². The van der Waals surface area contributed by atoms with E-state index in [1.165, 1.54) is 6.26 Å². The molecule has 3 aromatic carbocycles. The van der Waals surface area contributed by atoms with Crippen molar-refractivity contribution in [2.24, 2.45) is 0 Å². The van der Waals surface area contributed by atoms with Crippen LogP contribution in [0.2, 0.25) is 10.0 Å². The number of fused-ring (bicyclic) bond motifs is 1. The highest BCUT2D eigenvalue weighted by molar-refractivity contribution is 6.42. The second-order valence-corrected chi connectivity index (χ2v) is 8.86. The molecule has 35 heavy (non-hydrogen) atoms. The molecule has 0 bridgehead atoms. The fourth-order valence-electron chi connectivity index (χ4n) is 4.12. The van der Waals surface area contributed by atoms with Gasteiger partial charge in [-0.1, -0.05) is 47.5 Å². The number of carboxylic acids is 1. The molecule has 0 amide bonds. The van der Waals surface area contributed by atoms with E-state index in [-0.39, 0.29) is 6.42 Å². The number of ether oxygens (including phenoxy) is 1. The van der Waals surface area contributed by atoms with Gasteiger partial charge in [0.1, 0.15) is 11.3 Å². The number of methoxy groups -OCH3 is 1. The summed E-state index contributed by atoms with van der Waals surface area (Å²) in [6.07, 6.45) is 1.69. The summed E-state index contributed by atoms with van der Waals surface area (Å²) in [5, 5.41) is 16.5. The van der Waals surface area contributed by atoms with E-state index in [1.807, 2.05) is 60.7 Å². The molecule has 0 aliphatic heterocycles. The number of benzene rings is 3. The number of aromatic nitrogens is 2. The van der Waals surface area contributed by atoms with E-state index < -0.39 is 11.9 Å². The molecular formula is C27H20Cl2N2O4. The maximum Gasteiger partial charge on any atom is 0.311 e. The van der Waals surface area contributed by atoms with E-state index >= 15 is 0 Å². The normalized spacial score (nSPS) is 12.1. The second-order valence-electron chi connectivity index (χ2n) is 8.04. The van der Waals surface area contributed by atoms with Crippen LogP contribution in [0.3, 0.4) is 0 Å². The minimum Gasteiger partial charge on any atom is -0.497 e. The Morgan fingerprint density at radius 2 is 1.83 bits per heavy atom. The number of hydrogen-bond acceptors (Lipinski definition) is 4. The molecule has 0 saturated carbocycles. The fraction of sp³-hybridized carbons (Fsp3) is 0.111. The Labute approximate surface area is 211 Å². The molecule has 0 radical (unpaired) electrons. The second kappa shape index (κ2) is 9.49. The molecule has 0 fully saturated rings. The Balaban J connectivity index is 1.59. The monoisotopic (exact) mass is 506 g/mol. The van der Waals surface area contributed by atoms with Crippen molar-refractivity contribution in [3.63, 3.8) is 0 Å². The predicted molar refractivity (Wildman–Crippen MR) is 136 cm³/mol. The van der Waals surface area contributed by atoms with Gasteiger partial charge in [-0.2, -0.15) is 5.10 Å². The SMILES string of the molecule is COc1ccc(-n2nc(CC(C(=O)O)c3coc4ccccc34)cc2-c2ccc(Cl)c(Cl)c2)cc1. The predicted octanol–water partition coefficient (Wildman–Crippen LogP) is 7.01. The summed E-state index contributed by atoms with van der Waals surface area (Å²) in [6, 6.07) is 22.1. The van der Waals surface area contributed by atoms with E-state index in [0.717, 1.165) is 28.1 Å². The zero-order valence-corrected chi connectivity index (χ0v) is 20.1. The Morgan fingerprint density at radius 3 is 2.54 bits per heavy atom. The van der Waals surface area contributed by atoms with Gasteiger partial charge < -0.3 is 14.3 Å². The van der Waals surface area contributed by atoms with Crippen LogP contribution in [0, 0.1) is 0 Å². The number of carboxylic acid groups (broad SMARTS) is 1. The van der Waals surface area contributed by atoms with Gasteiger partial charge in [-0.25, -0.2) is 4.68 Å². The Bertz CT molecular complexity index is 1520. The van der Waals surface area contributed by atoms with Crippen molar-refractivity contribution in [3.8, 4) is 22.7 Å². The van der Waals surface area contributed by atoms with E-state index in [2.05, 4.69) is 0 Å². The molecule has 1 atom stereocenters. The summed E-state index contributed by atoms with van der Waals surface area (Å²) >= 11 is 12.4. The van der Waals surface area contributed by atoms with Crippen molar-refractivity contribution in [1.29, 1.82) is 0 Å². The molecule has 0 spiro atoms. The average molecular weight is 507 g/mol. The molecular weight excluding hydrogens is 487 g/mol. The van der Waals surface area contributed by atoms with Gasteiger partial charge in [-0.3, -0.25) is 4.79 Å². The summed E-state index contributed by atoms with van der Waals surface area (Å²) in [5.74, 6) is -1.07. The van der Waals surface area contributed by atoms with Gasteiger partial charge >= 0.3 is 5.97 Å². The molecule has 5 aromatic rings. The largest absolute Gasteiger partial charge is 0.497 e. The lowest BCUT2D eigenvalue weighted by atomic mass is 9.93. The molecule has 5 rings (SSSR count). The molecule has 2 heterocycles. The van der Waals surface area contributed by atoms with Gasteiger partial charge in [0.25, 0.3) is 0 Å². The van der Waals surface area contributed by atoms with Crippen molar-refractivity contribution in [2.45, 2.75) is 12.3 Å². The number of furan rings is 1. The lowest BCUT2D eigenvalue weighted by Crippen LogP contribution is -2.14. The molecule has 0 aliphatic carbocycles. The third kappa shape index (κ3) is 4.50. The quantitative estimate of drug-likeness (QED) is 0.256. The summed E-state index contributed by atoms with van der Waals surface area (Å²) in [5.41, 5.74) is 4.22. The Morgan fingerprint density at radius 1 is 1.06 bits per heavy atom. The highest BCUT2D eigenvalue weighted by Gasteiger charge is 2.26. The average Bonchev–Trinajstić information content (AvgIpc) is 3.49. The van der Waals surface area contributed by atoms with E-state index in [9.17, 15) is 9.90 Å². The van der Waals surface area contributed by atoms with Crippen LogP contribution in [0.1, 0.15) is 17.2 Å². The molecule has 2 aromatic heterocycles. The van der Waals surface area contributed by atoms with Crippen LogP contribution in [0.25, 0.3) is 27.9 Å². The Hall–Kier alpha value is -3.74. The van der Waals surface area contributed by atoms with Crippen molar-refractivity contribution in [1.82, 2.24) is 9.78 Å². The van der Waals surface area contributed by atoms with Crippen LogP contribution in [-0.4, -0.2) is 28.0 Å². The zero-order chi connectivity index (χ0) is 24.5. The van der Waals surface area contributed by atoms with Crippen LogP contribution in [0.5, 0.6) is 5.75 Å². The van der Waals surface area contributed by atoms with Gasteiger partial charge in [0, 0.05) is 22.9 Å². The molecule has 0 aliphatic rings. The first-order valence-corrected chi connectivity index (χ1v) is 11.6. The third-order valence-corrected chi connectivity index (χ3v) is 6.63. The Kier molecular flexibility index (Phi) is 6.24. The standard InChI is InChI=1S/C27H20Cl2N2O4/c1-34-19-9-7-18(8-10-19)31-25(16-6-11-23(28)24(29)12-16)14-17(30-31)13-21(27(32)33)22-15-35-26-5-3-2-4-20(22)26/h2-12,14-15,21H,13H2,1H3,(H,32,33). The van der Waals surface area contributed by atoms with E-state index in [1.54, 1.807) is 23.9 Å². The van der Waals surface area contributed by atoms with Gasteiger partial charge in [0.15, 0.2) is 0 Å². The van der Waals surface area contributed by atoms with Gasteiger partial charge in [0.2, 0.25) is 0 Å². The summed E-state index contributed by atoms with van der Waals surface area (Å²) in [7, 11) is 1.60. The van der Waals surface area contributed by atoms with Crippen LogP contribution in [0.4, 0.5) is 0 Å². The number of aliphatic carboxylic acids is 1.